The second kappa shape index (κ2) is 3.70. The number of hydrogen-bond acceptors (Lipinski definition) is 2. The number of amides is 1. The summed E-state index contributed by atoms with van der Waals surface area (Å²) in [5.41, 5.74) is 2.83. The Morgan fingerprint density at radius 1 is 1.50 bits per heavy atom. The molecule has 1 heterocycles. The molecule has 0 saturated heterocycles. The van der Waals surface area contributed by atoms with Gasteiger partial charge < -0.3 is 10.3 Å². The highest BCUT2D eigenvalue weighted by Crippen LogP contribution is 2.24. The van der Waals surface area contributed by atoms with Gasteiger partial charge in [0.15, 0.2) is 0 Å². The normalized spacial score (nSPS) is 10.1. The van der Waals surface area contributed by atoms with Crippen LogP contribution in [0.5, 0.6) is 0 Å². The molecular weight excluding hydrogens is 202 g/mol. The van der Waals surface area contributed by atoms with Crippen molar-refractivity contribution in [3.05, 3.63) is 35.0 Å². The van der Waals surface area contributed by atoms with Crippen molar-refractivity contribution >= 4 is 16.8 Å². The van der Waals surface area contributed by atoms with E-state index in [-0.39, 0.29) is 5.91 Å². The van der Waals surface area contributed by atoms with Crippen LogP contribution in [0.1, 0.15) is 21.5 Å². The minimum Gasteiger partial charge on any atom is -0.360 e. The van der Waals surface area contributed by atoms with Crippen LogP contribution in [0.25, 0.3) is 10.9 Å². The van der Waals surface area contributed by atoms with Gasteiger partial charge in [0.2, 0.25) is 0 Å². The highest BCUT2D eigenvalue weighted by molar-refractivity contribution is 6.07. The van der Waals surface area contributed by atoms with Crippen molar-refractivity contribution in [2.45, 2.75) is 6.92 Å². The number of benzene rings is 1. The Labute approximate surface area is 92.9 Å². The number of aromatic nitrogens is 1. The molecule has 0 aliphatic rings. The number of fused-ring (bicyclic) bond motifs is 1. The fourth-order valence-electron chi connectivity index (χ4n) is 1.83. The van der Waals surface area contributed by atoms with Crippen molar-refractivity contribution in [2.75, 3.05) is 7.05 Å². The monoisotopic (exact) mass is 213 g/mol. The SMILES string of the molecule is CNC(=O)c1ccc(C#N)c2c(C)c[nH]c12. The molecule has 4 nitrogen and oxygen atoms in total. The van der Waals surface area contributed by atoms with Crippen LogP contribution < -0.4 is 5.32 Å². The summed E-state index contributed by atoms with van der Waals surface area (Å²) in [7, 11) is 1.59. The number of aryl methyl sites for hydroxylation is 1. The Bertz CT molecular complexity index is 604. The zero-order valence-electron chi connectivity index (χ0n) is 9.09. The topological polar surface area (TPSA) is 68.7 Å². The molecule has 4 heteroatoms. The Balaban J connectivity index is 2.82. The van der Waals surface area contributed by atoms with Crippen LogP contribution in [0.4, 0.5) is 0 Å². The predicted molar refractivity (Wildman–Crippen MR) is 61.1 cm³/mol. The summed E-state index contributed by atoms with van der Waals surface area (Å²) in [4.78, 5) is 14.7. The molecule has 1 aromatic carbocycles. The van der Waals surface area contributed by atoms with Gasteiger partial charge in [-0.15, -0.1) is 0 Å². The molecule has 0 aliphatic heterocycles. The van der Waals surface area contributed by atoms with E-state index in [0.29, 0.717) is 11.1 Å². The number of nitrogens with zero attached hydrogens (tertiary/aromatic N) is 1. The summed E-state index contributed by atoms with van der Waals surface area (Å²) >= 11 is 0. The second-order valence-corrected chi connectivity index (χ2v) is 3.57. The molecule has 0 atom stereocenters. The zero-order valence-corrected chi connectivity index (χ0v) is 9.09. The van der Waals surface area contributed by atoms with Gasteiger partial charge in [-0.1, -0.05) is 0 Å². The average molecular weight is 213 g/mol. The molecule has 0 spiro atoms. The standard InChI is InChI=1S/C12H11N3O/c1-7-6-15-11-9(12(16)14-2)4-3-8(5-13)10(7)11/h3-4,6,15H,1-2H3,(H,14,16). The molecule has 80 valence electrons. The number of carbonyl (C=O) groups is 1. The van der Waals surface area contributed by atoms with E-state index in [0.717, 1.165) is 16.5 Å². The van der Waals surface area contributed by atoms with Gasteiger partial charge in [0, 0.05) is 18.6 Å². The van der Waals surface area contributed by atoms with Crippen LogP contribution >= 0.6 is 0 Å². The van der Waals surface area contributed by atoms with E-state index in [2.05, 4.69) is 16.4 Å². The summed E-state index contributed by atoms with van der Waals surface area (Å²) in [6.45, 7) is 1.91. The number of aromatic amines is 1. The summed E-state index contributed by atoms with van der Waals surface area (Å²) in [5.74, 6) is -0.156. The molecular formula is C12H11N3O. The van der Waals surface area contributed by atoms with E-state index in [1.165, 1.54) is 0 Å². The summed E-state index contributed by atoms with van der Waals surface area (Å²) in [6, 6.07) is 5.47. The second-order valence-electron chi connectivity index (χ2n) is 3.57. The molecule has 1 amide bonds. The van der Waals surface area contributed by atoms with Crippen LogP contribution in [-0.2, 0) is 0 Å². The number of nitriles is 1. The van der Waals surface area contributed by atoms with E-state index in [9.17, 15) is 4.79 Å². The van der Waals surface area contributed by atoms with E-state index >= 15 is 0 Å². The Hall–Kier alpha value is -2.28. The number of hydrogen-bond donors (Lipinski definition) is 2. The van der Waals surface area contributed by atoms with Crippen LogP contribution in [0.3, 0.4) is 0 Å². The molecule has 0 saturated carbocycles. The summed E-state index contributed by atoms with van der Waals surface area (Å²) in [6.07, 6.45) is 1.80. The highest BCUT2D eigenvalue weighted by Gasteiger charge is 2.13. The van der Waals surface area contributed by atoms with Gasteiger partial charge >= 0.3 is 0 Å². The predicted octanol–water partition coefficient (Wildman–Crippen LogP) is 1.71. The lowest BCUT2D eigenvalue weighted by Gasteiger charge is -2.03. The van der Waals surface area contributed by atoms with Crippen molar-refractivity contribution in [2.24, 2.45) is 0 Å². The van der Waals surface area contributed by atoms with Gasteiger partial charge in [-0.2, -0.15) is 5.26 Å². The molecule has 2 rings (SSSR count). The lowest BCUT2D eigenvalue weighted by Crippen LogP contribution is -2.18. The molecule has 2 N–H and O–H groups in total. The minimum absolute atomic E-state index is 0.156. The fraction of sp³-hybridized carbons (Fsp3) is 0.167. The molecule has 0 aliphatic carbocycles. The molecule has 2 aromatic rings. The average Bonchev–Trinajstić information content (AvgIpc) is 2.70. The van der Waals surface area contributed by atoms with Gasteiger partial charge in [0.05, 0.1) is 22.7 Å². The Morgan fingerprint density at radius 3 is 2.88 bits per heavy atom. The number of rotatable bonds is 1. The van der Waals surface area contributed by atoms with Gasteiger partial charge in [-0.05, 0) is 24.6 Å². The first-order valence-electron chi connectivity index (χ1n) is 4.92. The van der Waals surface area contributed by atoms with Crippen LogP contribution in [0, 0.1) is 18.3 Å². The minimum atomic E-state index is -0.156. The first-order chi connectivity index (χ1) is 7.69. The van der Waals surface area contributed by atoms with E-state index in [1.54, 1.807) is 25.4 Å². The number of H-pyrrole nitrogens is 1. The summed E-state index contributed by atoms with van der Waals surface area (Å²) in [5, 5.41) is 12.4. The molecule has 0 unspecified atom stereocenters. The van der Waals surface area contributed by atoms with Crippen molar-refractivity contribution in [3.8, 4) is 6.07 Å². The van der Waals surface area contributed by atoms with E-state index < -0.39 is 0 Å². The Morgan fingerprint density at radius 2 is 2.25 bits per heavy atom. The maximum absolute atomic E-state index is 11.6. The zero-order chi connectivity index (χ0) is 11.7. The van der Waals surface area contributed by atoms with Crippen LogP contribution in [0.2, 0.25) is 0 Å². The van der Waals surface area contributed by atoms with Crippen molar-refractivity contribution in [3.63, 3.8) is 0 Å². The van der Waals surface area contributed by atoms with Crippen molar-refractivity contribution < 1.29 is 4.79 Å². The lowest BCUT2D eigenvalue weighted by atomic mass is 10.0. The largest absolute Gasteiger partial charge is 0.360 e. The van der Waals surface area contributed by atoms with Gasteiger partial charge in [-0.3, -0.25) is 4.79 Å². The Kier molecular flexibility index (Phi) is 2.37. The van der Waals surface area contributed by atoms with E-state index in [1.807, 2.05) is 6.92 Å². The molecule has 0 radical (unpaired) electrons. The van der Waals surface area contributed by atoms with Gasteiger partial charge in [-0.25, -0.2) is 0 Å². The van der Waals surface area contributed by atoms with E-state index in [4.69, 9.17) is 5.26 Å². The maximum atomic E-state index is 11.6. The third-order valence-electron chi connectivity index (χ3n) is 2.62. The number of nitrogens with one attached hydrogen (secondary N) is 2. The fourth-order valence-corrected chi connectivity index (χ4v) is 1.83. The lowest BCUT2D eigenvalue weighted by molar-refractivity contribution is 0.0964. The van der Waals surface area contributed by atoms with Crippen LogP contribution in [0.15, 0.2) is 18.3 Å². The van der Waals surface area contributed by atoms with Crippen molar-refractivity contribution in [1.82, 2.24) is 10.3 Å². The maximum Gasteiger partial charge on any atom is 0.253 e. The quantitative estimate of drug-likeness (QED) is 0.757. The molecule has 1 aromatic heterocycles. The number of carbonyl (C=O) groups excluding carboxylic acids is 1. The first-order valence-corrected chi connectivity index (χ1v) is 4.92. The van der Waals surface area contributed by atoms with Crippen LogP contribution in [-0.4, -0.2) is 17.9 Å². The van der Waals surface area contributed by atoms with Crippen molar-refractivity contribution in [1.29, 1.82) is 5.26 Å². The van der Waals surface area contributed by atoms with Gasteiger partial charge in [0.25, 0.3) is 5.91 Å². The highest BCUT2D eigenvalue weighted by atomic mass is 16.1. The third-order valence-corrected chi connectivity index (χ3v) is 2.62. The molecule has 0 bridgehead atoms. The third kappa shape index (κ3) is 1.34. The smallest absolute Gasteiger partial charge is 0.253 e. The first kappa shape index (κ1) is 10.2. The molecule has 16 heavy (non-hydrogen) atoms. The van der Waals surface area contributed by atoms with Gasteiger partial charge in [0.1, 0.15) is 0 Å². The molecule has 0 fully saturated rings. The summed E-state index contributed by atoms with van der Waals surface area (Å²) < 4.78 is 0.